The molecule has 103 heavy (non-hydrogen) atoms. The third-order valence-corrected chi connectivity index (χ3v) is 16.4. The van der Waals surface area contributed by atoms with Crippen LogP contribution < -0.4 is 87.6 Å². The van der Waals surface area contributed by atoms with E-state index in [-0.39, 0.29) is 113 Å². The smallest absolute Gasteiger partial charge is 0.327 e. The molecule has 570 valence electrons. The van der Waals surface area contributed by atoms with Crippen LogP contribution >= 0.6 is 12.6 Å². The molecule has 37 nitrogen and oxygen atoms in total. The van der Waals surface area contributed by atoms with Gasteiger partial charge in [0.05, 0.1) is 25.9 Å². The van der Waals surface area contributed by atoms with Crippen LogP contribution in [0.4, 0.5) is 0 Å². The quantitative estimate of drug-likeness (QED) is 0.0127. The highest BCUT2D eigenvalue weighted by atomic mass is 32.1. The zero-order valence-electron chi connectivity index (χ0n) is 57.9. The molecule has 0 radical (unpaired) electrons. The fourth-order valence-corrected chi connectivity index (χ4v) is 11.0. The van der Waals surface area contributed by atoms with Gasteiger partial charge in [0.1, 0.15) is 78.3 Å². The highest BCUT2D eigenvalue weighted by Crippen LogP contribution is 2.21. The Morgan fingerprint density at radius 2 is 0.942 bits per heavy atom. The van der Waals surface area contributed by atoms with E-state index in [9.17, 15) is 92.3 Å². The fourth-order valence-electron chi connectivity index (χ4n) is 10.8. The lowest BCUT2D eigenvalue weighted by molar-refractivity contribution is -0.144. The Kier molecular flexibility index (Phi) is 37.4. The summed E-state index contributed by atoms with van der Waals surface area (Å²) in [5.41, 5.74) is 34.7. The Morgan fingerprint density at radius 3 is 1.41 bits per heavy atom. The number of rotatable bonds is 46. The predicted octanol–water partition coefficient (Wildman–Crippen LogP) is -6.15. The molecular formula is C65H100N18O19S. The minimum absolute atomic E-state index is 0.00336. The number of carbonyl (C=O) groups is 15. The molecule has 13 amide bonds. The molecule has 0 saturated carbocycles. The number of guanidine groups is 1. The number of nitrogens with zero attached hydrogens (tertiary/aromatic N) is 2. The average molecular weight is 1470 g/mol. The first-order valence-corrected chi connectivity index (χ1v) is 34.1. The van der Waals surface area contributed by atoms with Crippen molar-refractivity contribution >= 4 is 107 Å². The number of phenols is 1. The first kappa shape index (κ1) is 87.0. The molecule has 1 aliphatic rings. The summed E-state index contributed by atoms with van der Waals surface area (Å²) in [6.45, 7) is 6.09. The summed E-state index contributed by atoms with van der Waals surface area (Å²) in [5, 5.41) is 63.5. The van der Waals surface area contributed by atoms with Crippen LogP contribution in [-0.2, 0) is 84.8 Å². The van der Waals surface area contributed by atoms with Gasteiger partial charge < -0.3 is 113 Å². The SMILES string of the molecule is CC(C)C[C@H](NC(=O)[C@H](CC(C)C)NC(=O)[C@H](Cc1ccccc1)NC(=O)[C@@H](N)CO)C(=O)N[C@@H](CCCN=C(N)N)C(=O)N[C@@H](CC(N)=O)C(=O)N1CCC[C@H]1C(=O)N[C@@H](CC(N)=O)C(=O)N[C@@H](CC(=O)O)C(=O)N[C@@H](CCCCN)C(=O)N[C@@H](Cc1ccc(O)cc1)C(=O)N[C@@H](CS)C(=O)O. The number of nitrogens with two attached hydrogens (primary N) is 6. The lowest BCUT2D eigenvalue weighted by atomic mass is 9.98. The Morgan fingerprint density at radius 1 is 0.524 bits per heavy atom. The van der Waals surface area contributed by atoms with Crippen LogP contribution in [-0.4, -0.2) is 225 Å². The van der Waals surface area contributed by atoms with Crippen LogP contribution in [0.25, 0.3) is 0 Å². The van der Waals surface area contributed by atoms with E-state index < -0.39 is 187 Å². The van der Waals surface area contributed by atoms with Crippen molar-refractivity contribution in [1.29, 1.82) is 0 Å². The molecule has 12 atom stereocenters. The number of hydrogen-bond donors (Lipinski definition) is 21. The van der Waals surface area contributed by atoms with Gasteiger partial charge in [-0.25, -0.2) is 4.79 Å². The molecule has 2 aromatic rings. The molecule has 0 aromatic heterocycles. The molecule has 38 heteroatoms. The van der Waals surface area contributed by atoms with E-state index in [1.165, 1.54) is 24.3 Å². The van der Waals surface area contributed by atoms with Crippen molar-refractivity contribution in [3.63, 3.8) is 0 Å². The number of aromatic hydroxyl groups is 1. The third kappa shape index (κ3) is 31.3. The van der Waals surface area contributed by atoms with Gasteiger partial charge in [-0.05, 0) is 99.4 Å². The van der Waals surface area contributed by atoms with E-state index in [2.05, 4.69) is 70.8 Å². The Labute approximate surface area is 600 Å². The van der Waals surface area contributed by atoms with Gasteiger partial charge in [-0.2, -0.15) is 12.6 Å². The molecule has 0 bridgehead atoms. The molecule has 1 fully saturated rings. The molecule has 0 aliphatic carbocycles. The van der Waals surface area contributed by atoms with Crippen LogP contribution in [0.15, 0.2) is 59.6 Å². The van der Waals surface area contributed by atoms with Crippen molar-refractivity contribution in [2.75, 3.05) is 32.0 Å². The summed E-state index contributed by atoms with van der Waals surface area (Å²) in [6, 6.07) is -5.05. The van der Waals surface area contributed by atoms with Gasteiger partial charge in [0.25, 0.3) is 0 Å². The Bertz CT molecular complexity index is 3290. The number of carboxylic acid groups (broad SMARTS) is 2. The number of aliphatic hydroxyl groups is 1. The molecular weight excluding hydrogens is 1370 g/mol. The standard InChI is InChI=1S/C65H100N18O19S/c1-33(2)24-41(76-57(94)42(25-34(3)4)77-58(95)43(75-53(90)38(67)31-84)26-35-12-6-5-7-13-35)56(93)74-40(15-10-22-72-65(70)71)55(92)81-47(29-51(69)87)63(100)83-23-11-16-49(83)62(99)80-45(28-50(68)86)60(97)79-46(30-52(88)89)61(98)73-39(14-8-9-21-66)54(91)78-44(27-36-17-19-37(85)20-18-36)59(96)82-48(32-103)64(101)102/h5-7,12-13,17-20,33-34,38-49,84-85,103H,8-11,14-16,21-32,66-67H2,1-4H3,(H2,68,86)(H2,69,87)(H,73,98)(H,74,93)(H,75,90)(H,76,94)(H,77,95)(H,78,91)(H,79,97)(H,80,99)(H,81,92)(H,82,96)(H,88,89)(H,101,102)(H4,70,71,72)/t38-,39-,40-,41-,42-,43-,44-,45-,46-,47-,48-,49-/m0/s1. The van der Waals surface area contributed by atoms with Gasteiger partial charge in [-0.1, -0.05) is 70.2 Å². The van der Waals surface area contributed by atoms with E-state index in [0.29, 0.717) is 17.5 Å². The number of primary amides is 2. The lowest BCUT2D eigenvalue weighted by Gasteiger charge is -2.31. The second-order valence-electron chi connectivity index (χ2n) is 25.6. The van der Waals surface area contributed by atoms with Crippen molar-refractivity contribution in [2.24, 2.45) is 51.2 Å². The molecule has 1 aliphatic heterocycles. The zero-order chi connectivity index (χ0) is 77.2. The minimum atomic E-state index is -2.07. The first-order chi connectivity index (χ1) is 48.6. The number of benzene rings is 2. The number of phenolic OH excluding ortho intramolecular Hbond substituents is 1. The van der Waals surface area contributed by atoms with Crippen molar-refractivity contribution in [3.05, 3.63) is 65.7 Å². The van der Waals surface area contributed by atoms with E-state index >= 15 is 0 Å². The molecule has 3 rings (SSSR count). The number of aliphatic carboxylic acids is 2. The largest absolute Gasteiger partial charge is 0.508 e. The minimum Gasteiger partial charge on any atom is -0.508 e. The molecule has 26 N–H and O–H groups in total. The Balaban J connectivity index is 1.94. The highest BCUT2D eigenvalue weighted by molar-refractivity contribution is 7.80. The fraction of sp³-hybridized carbons (Fsp3) is 0.569. The summed E-state index contributed by atoms with van der Waals surface area (Å²) >= 11 is 3.97. The van der Waals surface area contributed by atoms with Gasteiger partial charge in [0.15, 0.2) is 5.96 Å². The van der Waals surface area contributed by atoms with Gasteiger partial charge in [0, 0.05) is 31.7 Å². The van der Waals surface area contributed by atoms with E-state index in [1.807, 2.05) is 0 Å². The van der Waals surface area contributed by atoms with E-state index in [0.717, 1.165) is 4.90 Å². The van der Waals surface area contributed by atoms with E-state index in [4.69, 9.17) is 34.4 Å². The van der Waals surface area contributed by atoms with Crippen molar-refractivity contribution < 1.29 is 92.3 Å². The topological polar surface area (TPSA) is 629 Å². The number of carbonyl (C=O) groups excluding carboxylic acids is 13. The lowest BCUT2D eigenvalue weighted by Crippen LogP contribution is -2.61. The highest BCUT2D eigenvalue weighted by Gasteiger charge is 2.42. The third-order valence-electron chi connectivity index (χ3n) is 16.0. The molecule has 0 unspecified atom stereocenters. The number of aliphatic imine (C=N–C) groups is 1. The average Bonchev–Trinajstić information content (AvgIpc) is 1.36. The normalized spacial score (nSPS) is 15.8. The van der Waals surface area contributed by atoms with Crippen LogP contribution in [0.5, 0.6) is 5.75 Å². The molecule has 2 aromatic carbocycles. The van der Waals surface area contributed by atoms with Gasteiger partial charge >= 0.3 is 11.9 Å². The Hall–Kier alpha value is -10.2. The van der Waals surface area contributed by atoms with Crippen LogP contribution in [0.1, 0.15) is 116 Å². The summed E-state index contributed by atoms with van der Waals surface area (Å²) in [4.78, 5) is 209. The van der Waals surface area contributed by atoms with Crippen LogP contribution in [0.2, 0.25) is 0 Å². The summed E-state index contributed by atoms with van der Waals surface area (Å²) in [7, 11) is 0. The van der Waals surface area contributed by atoms with Crippen LogP contribution in [0, 0.1) is 11.8 Å². The predicted molar refractivity (Wildman–Crippen MR) is 374 cm³/mol. The first-order valence-electron chi connectivity index (χ1n) is 33.5. The van der Waals surface area contributed by atoms with Gasteiger partial charge in [-0.3, -0.25) is 72.1 Å². The number of nitrogens with one attached hydrogen (secondary N) is 10. The number of amides is 13. The monoisotopic (exact) mass is 1470 g/mol. The molecule has 1 saturated heterocycles. The maximum Gasteiger partial charge on any atom is 0.327 e. The summed E-state index contributed by atoms with van der Waals surface area (Å²) in [6.07, 6.45) is -3.42. The number of thiol groups is 1. The molecule has 1 heterocycles. The van der Waals surface area contributed by atoms with Crippen molar-refractivity contribution in [1.82, 2.24) is 58.1 Å². The second-order valence-corrected chi connectivity index (χ2v) is 26.0. The second kappa shape index (κ2) is 44.2. The van der Waals surface area contributed by atoms with Gasteiger partial charge in [-0.15, -0.1) is 0 Å². The van der Waals surface area contributed by atoms with E-state index in [1.54, 1.807) is 58.0 Å². The number of carboxylic acids is 2. The number of likely N-dealkylation sites (tertiary alicyclic amines) is 1. The maximum absolute atomic E-state index is 14.6. The van der Waals surface area contributed by atoms with Crippen molar-refractivity contribution in [2.45, 2.75) is 190 Å². The van der Waals surface area contributed by atoms with Crippen LogP contribution in [0.3, 0.4) is 0 Å². The number of unbranched alkanes of at least 4 members (excludes halogenated alkanes) is 1. The summed E-state index contributed by atoms with van der Waals surface area (Å²) < 4.78 is 0. The molecule has 0 spiro atoms. The summed E-state index contributed by atoms with van der Waals surface area (Å²) in [5.74, 6) is -18.2. The van der Waals surface area contributed by atoms with Crippen molar-refractivity contribution in [3.8, 4) is 5.75 Å². The number of hydrogen-bond acceptors (Lipinski definition) is 21. The maximum atomic E-state index is 14.6. The van der Waals surface area contributed by atoms with Gasteiger partial charge in [0.2, 0.25) is 76.8 Å². The zero-order valence-corrected chi connectivity index (χ0v) is 58.8. The number of aliphatic hydroxyl groups excluding tert-OH is 1.